The van der Waals surface area contributed by atoms with Crippen LogP contribution in [0.5, 0.6) is 5.75 Å². The maximum absolute atomic E-state index is 12.5. The highest BCUT2D eigenvalue weighted by molar-refractivity contribution is 7.88. The summed E-state index contributed by atoms with van der Waals surface area (Å²) in [5.41, 5.74) is 0.924. The van der Waals surface area contributed by atoms with Crippen molar-refractivity contribution in [3.63, 3.8) is 0 Å². The van der Waals surface area contributed by atoms with Crippen LogP contribution in [0.25, 0.3) is 0 Å². The fourth-order valence-corrected chi connectivity index (χ4v) is 4.77. The van der Waals surface area contributed by atoms with Gasteiger partial charge >= 0.3 is 0 Å². The monoisotopic (exact) mass is 424 g/mol. The van der Waals surface area contributed by atoms with Gasteiger partial charge in [-0.15, -0.1) is 0 Å². The standard InChI is InChI=1S/C21H32N2O5S/c1-17-4-3-5-19(14-17)27-16-20(24)23-11-8-21(9-12-23)15-18(7-13-28-21)6-10-22-29(2,25)26/h3-5,14,18,22H,6-13,15-16H2,1-2H3. The Labute approximate surface area is 173 Å². The number of likely N-dealkylation sites (tertiary alicyclic amines) is 1. The number of benzene rings is 1. The lowest BCUT2D eigenvalue weighted by atomic mass is 9.78. The minimum atomic E-state index is -3.14. The fraction of sp³-hybridized carbons (Fsp3) is 0.667. The maximum atomic E-state index is 12.5. The van der Waals surface area contributed by atoms with E-state index >= 15 is 0 Å². The third-order valence-corrected chi connectivity index (χ3v) is 6.62. The number of carbonyl (C=O) groups excluding carboxylic acids is 1. The van der Waals surface area contributed by atoms with Gasteiger partial charge in [0, 0.05) is 26.2 Å². The molecule has 2 aliphatic heterocycles. The van der Waals surface area contributed by atoms with Gasteiger partial charge in [0.25, 0.3) is 5.91 Å². The van der Waals surface area contributed by atoms with E-state index in [0.29, 0.717) is 37.9 Å². The molecule has 1 unspecified atom stereocenters. The molecule has 0 saturated carbocycles. The number of hydrogen-bond donors (Lipinski definition) is 1. The van der Waals surface area contributed by atoms with E-state index in [1.54, 1.807) is 0 Å². The smallest absolute Gasteiger partial charge is 0.260 e. The number of ether oxygens (including phenoxy) is 2. The van der Waals surface area contributed by atoms with Crippen molar-refractivity contribution in [1.82, 2.24) is 9.62 Å². The molecular weight excluding hydrogens is 392 g/mol. The topological polar surface area (TPSA) is 84.9 Å². The summed E-state index contributed by atoms with van der Waals surface area (Å²) in [4.78, 5) is 14.4. The minimum absolute atomic E-state index is 0.00562. The minimum Gasteiger partial charge on any atom is -0.484 e. The molecule has 2 saturated heterocycles. The largest absolute Gasteiger partial charge is 0.484 e. The highest BCUT2D eigenvalue weighted by atomic mass is 32.2. The molecule has 2 aliphatic rings. The molecule has 1 N–H and O–H groups in total. The van der Waals surface area contributed by atoms with Crippen molar-refractivity contribution < 1.29 is 22.7 Å². The second kappa shape index (κ2) is 9.45. The maximum Gasteiger partial charge on any atom is 0.260 e. The molecule has 0 aliphatic carbocycles. The normalized spacial score (nSPS) is 21.9. The first-order valence-electron chi connectivity index (χ1n) is 10.3. The van der Waals surface area contributed by atoms with Gasteiger partial charge in [0.05, 0.1) is 11.9 Å². The van der Waals surface area contributed by atoms with Crippen LogP contribution in [-0.4, -0.2) is 63.9 Å². The highest BCUT2D eigenvalue weighted by Crippen LogP contribution is 2.38. The first-order chi connectivity index (χ1) is 13.7. The molecule has 7 nitrogen and oxygen atoms in total. The highest BCUT2D eigenvalue weighted by Gasteiger charge is 2.41. The lowest BCUT2D eigenvalue weighted by Gasteiger charge is -2.46. The molecule has 1 atom stereocenters. The first kappa shape index (κ1) is 22.1. The number of nitrogens with zero attached hydrogens (tertiary/aromatic N) is 1. The Morgan fingerprint density at radius 2 is 2.10 bits per heavy atom. The Morgan fingerprint density at radius 1 is 1.34 bits per heavy atom. The quantitative estimate of drug-likeness (QED) is 0.725. The third-order valence-electron chi connectivity index (χ3n) is 5.89. The Bertz CT molecular complexity index is 803. The van der Waals surface area contributed by atoms with E-state index in [0.717, 1.165) is 37.7 Å². The molecule has 162 valence electrons. The zero-order chi connectivity index (χ0) is 20.9. The van der Waals surface area contributed by atoms with Crippen molar-refractivity contribution in [2.75, 3.05) is 39.1 Å². The average Bonchev–Trinajstić information content (AvgIpc) is 2.66. The van der Waals surface area contributed by atoms with Gasteiger partial charge in [0.15, 0.2) is 6.61 Å². The number of amides is 1. The van der Waals surface area contributed by atoms with Gasteiger partial charge in [0.1, 0.15) is 5.75 Å². The van der Waals surface area contributed by atoms with Crippen molar-refractivity contribution in [2.24, 2.45) is 5.92 Å². The molecule has 0 bridgehead atoms. The lowest BCUT2D eigenvalue weighted by Crippen LogP contribution is -2.51. The van der Waals surface area contributed by atoms with Gasteiger partial charge < -0.3 is 14.4 Å². The van der Waals surface area contributed by atoms with Gasteiger partial charge in [-0.05, 0) is 62.6 Å². The summed E-state index contributed by atoms with van der Waals surface area (Å²) in [6, 6.07) is 7.70. The van der Waals surface area contributed by atoms with E-state index in [-0.39, 0.29) is 18.1 Å². The van der Waals surface area contributed by atoms with Crippen LogP contribution < -0.4 is 9.46 Å². The number of aryl methyl sites for hydroxylation is 1. The summed E-state index contributed by atoms with van der Waals surface area (Å²) >= 11 is 0. The Balaban J connectivity index is 1.44. The molecule has 2 heterocycles. The number of piperidine rings is 1. The Morgan fingerprint density at radius 3 is 2.79 bits per heavy atom. The summed E-state index contributed by atoms with van der Waals surface area (Å²) in [5, 5.41) is 0. The summed E-state index contributed by atoms with van der Waals surface area (Å²) in [6.45, 7) is 4.56. The number of sulfonamides is 1. The Hall–Kier alpha value is -1.64. The molecule has 29 heavy (non-hydrogen) atoms. The number of nitrogens with one attached hydrogen (secondary N) is 1. The molecule has 8 heteroatoms. The van der Waals surface area contributed by atoms with Crippen LogP contribution in [0.4, 0.5) is 0 Å². The summed E-state index contributed by atoms with van der Waals surface area (Å²) in [5.74, 6) is 1.17. The van der Waals surface area contributed by atoms with E-state index in [2.05, 4.69) is 4.72 Å². The average molecular weight is 425 g/mol. The van der Waals surface area contributed by atoms with Crippen LogP contribution in [0.15, 0.2) is 24.3 Å². The molecule has 0 aromatic heterocycles. The predicted octanol–water partition coefficient (Wildman–Crippen LogP) is 2.10. The van der Waals surface area contributed by atoms with Crippen LogP contribution in [0, 0.1) is 12.8 Å². The van der Waals surface area contributed by atoms with Gasteiger partial charge in [-0.25, -0.2) is 13.1 Å². The summed E-state index contributed by atoms with van der Waals surface area (Å²) < 4.78 is 36.9. The zero-order valence-corrected chi connectivity index (χ0v) is 18.2. The van der Waals surface area contributed by atoms with Crippen molar-refractivity contribution in [3.05, 3.63) is 29.8 Å². The predicted molar refractivity (Wildman–Crippen MR) is 111 cm³/mol. The van der Waals surface area contributed by atoms with Gasteiger partial charge in [-0.3, -0.25) is 4.79 Å². The van der Waals surface area contributed by atoms with Gasteiger partial charge in [-0.1, -0.05) is 12.1 Å². The van der Waals surface area contributed by atoms with Crippen LogP contribution in [-0.2, 0) is 19.6 Å². The molecule has 1 amide bonds. The van der Waals surface area contributed by atoms with E-state index in [1.165, 1.54) is 6.26 Å². The number of hydrogen-bond acceptors (Lipinski definition) is 5. The van der Waals surface area contributed by atoms with Gasteiger partial charge in [-0.2, -0.15) is 0 Å². The van der Waals surface area contributed by atoms with Crippen molar-refractivity contribution in [3.8, 4) is 5.75 Å². The fourth-order valence-electron chi connectivity index (χ4n) is 4.28. The van der Waals surface area contributed by atoms with E-state index in [9.17, 15) is 13.2 Å². The van der Waals surface area contributed by atoms with Gasteiger partial charge in [0.2, 0.25) is 10.0 Å². The first-order valence-corrected chi connectivity index (χ1v) is 12.2. The second-order valence-electron chi connectivity index (χ2n) is 8.33. The zero-order valence-electron chi connectivity index (χ0n) is 17.4. The molecular formula is C21H32N2O5S. The molecule has 1 aromatic rings. The summed E-state index contributed by atoms with van der Waals surface area (Å²) in [6.07, 6.45) is 5.54. The molecule has 0 radical (unpaired) electrons. The molecule has 2 fully saturated rings. The SMILES string of the molecule is Cc1cccc(OCC(=O)N2CCC3(CC2)CC(CCNS(C)(=O)=O)CCO3)c1. The van der Waals surface area contributed by atoms with Crippen LogP contribution >= 0.6 is 0 Å². The molecule has 1 aromatic carbocycles. The number of carbonyl (C=O) groups is 1. The summed E-state index contributed by atoms with van der Waals surface area (Å²) in [7, 11) is -3.14. The third kappa shape index (κ3) is 6.69. The van der Waals surface area contributed by atoms with Crippen molar-refractivity contribution in [2.45, 2.75) is 44.6 Å². The second-order valence-corrected chi connectivity index (χ2v) is 10.2. The van der Waals surface area contributed by atoms with E-state index in [1.807, 2.05) is 36.1 Å². The van der Waals surface area contributed by atoms with E-state index in [4.69, 9.17) is 9.47 Å². The van der Waals surface area contributed by atoms with E-state index < -0.39 is 10.0 Å². The molecule has 1 spiro atoms. The van der Waals surface area contributed by atoms with Crippen LogP contribution in [0.3, 0.4) is 0 Å². The molecule has 3 rings (SSSR count). The van der Waals surface area contributed by atoms with Crippen molar-refractivity contribution in [1.29, 1.82) is 0 Å². The number of rotatable bonds is 7. The van der Waals surface area contributed by atoms with Crippen LogP contribution in [0.2, 0.25) is 0 Å². The Kier molecular flexibility index (Phi) is 7.19. The lowest BCUT2D eigenvalue weighted by molar-refractivity contribution is -0.148. The van der Waals surface area contributed by atoms with Crippen molar-refractivity contribution >= 4 is 15.9 Å². The van der Waals surface area contributed by atoms with Crippen LogP contribution in [0.1, 0.15) is 37.7 Å².